The van der Waals surface area contributed by atoms with E-state index in [4.69, 9.17) is 5.73 Å². The molecule has 0 aliphatic heterocycles. The van der Waals surface area contributed by atoms with Gasteiger partial charge in [-0.1, -0.05) is 12.1 Å². The van der Waals surface area contributed by atoms with Gasteiger partial charge in [0, 0.05) is 31.7 Å². The Labute approximate surface area is 94.8 Å². The lowest BCUT2D eigenvalue weighted by molar-refractivity contribution is 1.03. The van der Waals surface area contributed by atoms with Gasteiger partial charge in [-0.2, -0.15) is 0 Å². The second kappa shape index (κ2) is 4.72. The molecule has 2 rings (SSSR count). The van der Waals surface area contributed by atoms with Crippen molar-refractivity contribution in [3.63, 3.8) is 0 Å². The highest BCUT2D eigenvalue weighted by molar-refractivity contribution is 5.56. The van der Waals surface area contributed by atoms with E-state index in [-0.39, 0.29) is 0 Å². The summed E-state index contributed by atoms with van der Waals surface area (Å²) in [6, 6.07) is 9.83. The summed E-state index contributed by atoms with van der Waals surface area (Å²) in [5.41, 5.74) is 7.74. The van der Waals surface area contributed by atoms with Crippen molar-refractivity contribution >= 4 is 11.6 Å². The minimum Gasteiger partial charge on any atom is -0.326 e. The fourth-order valence-electron chi connectivity index (χ4n) is 1.47. The molecule has 82 valence electrons. The summed E-state index contributed by atoms with van der Waals surface area (Å²) in [4.78, 5) is 10.3. The predicted molar refractivity (Wildman–Crippen MR) is 64.4 cm³/mol. The zero-order chi connectivity index (χ0) is 11.4. The maximum atomic E-state index is 5.61. The molecule has 0 fully saturated rings. The molecule has 4 nitrogen and oxygen atoms in total. The van der Waals surface area contributed by atoms with E-state index in [9.17, 15) is 0 Å². The largest absolute Gasteiger partial charge is 0.326 e. The van der Waals surface area contributed by atoms with Gasteiger partial charge in [-0.3, -0.25) is 0 Å². The van der Waals surface area contributed by atoms with Crippen molar-refractivity contribution in [1.29, 1.82) is 0 Å². The van der Waals surface area contributed by atoms with Gasteiger partial charge >= 0.3 is 0 Å². The topological polar surface area (TPSA) is 55.0 Å². The number of rotatable bonds is 3. The fraction of sp³-hybridized carbons (Fsp3) is 0.167. The number of nitrogens with two attached hydrogens (primary N) is 1. The van der Waals surface area contributed by atoms with Gasteiger partial charge in [0.2, 0.25) is 5.95 Å². The first-order chi connectivity index (χ1) is 7.81. The van der Waals surface area contributed by atoms with Crippen molar-refractivity contribution in [3.8, 4) is 0 Å². The van der Waals surface area contributed by atoms with Gasteiger partial charge in [0.05, 0.1) is 0 Å². The standard InChI is InChI=1S/C12H14N4/c1-16(12-14-6-3-7-15-12)11-5-2-4-10(8-11)9-13/h2-8H,9,13H2,1H3. The summed E-state index contributed by atoms with van der Waals surface area (Å²) in [5.74, 6) is 0.677. The van der Waals surface area contributed by atoms with Crippen molar-refractivity contribution in [3.05, 3.63) is 48.3 Å². The van der Waals surface area contributed by atoms with Crippen LogP contribution in [0.25, 0.3) is 0 Å². The van der Waals surface area contributed by atoms with Crippen LogP contribution in [0.1, 0.15) is 5.56 Å². The van der Waals surface area contributed by atoms with Crippen LogP contribution in [0, 0.1) is 0 Å². The number of hydrogen-bond acceptors (Lipinski definition) is 4. The van der Waals surface area contributed by atoms with Crippen molar-refractivity contribution in [2.45, 2.75) is 6.54 Å². The molecule has 0 spiro atoms. The summed E-state index contributed by atoms with van der Waals surface area (Å²) in [6.07, 6.45) is 3.46. The molecule has 2 aromatic rings. The number of anilines is 2. The van der Waals surface area contributed by atoms with E-state index < -0.39 is 0 Å². The van der Waals surface area contributed by atoms with Gasteiger partial charge in [-0.05, 0) is 23.8 Å². The van der Waals surface area contributed by atoms with Crippen LogP contribution in [0.5, 0.6) is 0 Å². The molecule has 0 saturated carbocycles. The summed E-state index contributed by atoms with van der Waals surface area (Å²) < 4.78 is 0. The van der Waals surface area contributed by atoms with E-state index in [0.717, 1.165) is 11.3 Å². The van der Waals surface area contributed by atoms with Crippen LogP contribution in [0.3, 0.4) is 0 Å². The first kappa shape index (κ1) is 10.6. The maximum absolute atomic E-state index is 5.61. The molecule has 16 heavy (non-hydrogen) atoms. The average molecular weight is 214 g/mol. The van der Waals surface area contributed by atoms with E-state index in [2.05, 4.69) is 9.97 Å². The third-order valence-corrected chi connectivity index (χ3v) is 2.39. The number of benzene rings is 1. The highest BCUT2D eigenvalue weighted by Crippen LogP contribution is 2.20. The molecule has 0 aliphatic carbocycles. The highest BCUT2D eigenvalue weighted by Gasteiger charge is 2.05. The third-order valence-electron chi connectivity index (χ3n) is 2.39. The number of aromatic nitrogens is 2. The Morgan fingerprint density at radius 1 is 1.19 bits per heavy atom. The molecule has 0 bridgehead atoms. The number of nitrogens with zero attached hydrogens (tertiary/aromatic N) is 3. The molecule has 1 aromatic heterocycles. The lowest BCUT2D eigenvalue weighted by Gasteiger charge is -2.17. The van der Waals surface area contributed by atoms with Crippen molar-refractivity contribution in [1.82, 2.24) is 9.97 Å². The molecular weight excluding hydrogens is 200 g/mol. The molecule has 0 amide bonds. The second-order valence-corrected chi connectivity index (χ2v) is 3.48. The highest BCUT2D eigenvalue weighted by atomic mass is 15.2. The molecule has 0 saturated heterocycles. The minimum atomic E-state index is 0.539. The quantitative estimate of drug-likeness (QED) is 0.845. The Bertz CT molecular complexity index is 456. The summed E-state index contributed by atoms with van der Waals surface area (Å²) in [5, 5.41) is 0. The molecule has 0 atom stereocenters. The zero-order valence-corrected chi connectivity index (χ0v) is 9.17. The van der Waals surface area contributed by atoms with Gasteiger partial charge in [0.15, 0.2) is 0 Å². The van der Waals surface area contributed by atoms with Crippen LogP contribution in [-0.2, 0) is 6.54 Å². The first-order valence-corrected chi connectivity index (χ1v) is 5.11. The predicted octanol–water partition coefficient (Wildman–Crippen LogP) is 1.70. The third kappa shape index (κ3) is 2.17. The molecule has 1 heterocycles. The second-order valence-electron chi connectivity index (χ2n) is 3.48. The average Bonchev–Trinajstić information content (AvgIpc) is 2.39. The van der Waals surface area contributed by atoms with Crippen LogP contribution < -0.4 is 10.6 Å². The lowest BCUT2D eigenvalue weighted by Crippen LogP contribution is -2.13. The van der Waals surface area contributed by atoms with Crippen LogP contribution in [0.4, 0.5) is 11.6 Å². The van der Waals surface area contributed by atoms with E-state index in [1.807, 2.05) is 36.2 Å². The van der Waals surface area contributed by atoms with Crippen molar-refractivity contribution in [2.24, 2.45) is 5.73 Å². The molecular formula is C12H14N4. The van der Waals surface area contributed by atoms with Gasteiger partial charge in [-0.25, -0.2) is 9.97 Å². The fourth-order valence-corrected chi connectivity index (χ4v) is 1.47. The van der Waals surface area contributed by atoms with Crippen molar-refractivity contribution < 1.29 is 0 Å². The molecule has 0 aliphatic rings. The Morgan fingerprint density at radius 3 is 2.62 bits per heavy atom. The smallest absolute Gasteiger partial charge is 0.229 e. The molecule has 4 heteroatoms. The van der Waals surface area contributed by atoms with Gasteiger partial charge in [-0.15, -0.1) is 0 Å². The van der Waals surface area contributed by atoms with Crippen LogP contribution in [0.2, 0.25) is 0 Å². The monoisotopic (exact) mass is 214 g/mol. The summed E-state index contributed by atoms with van der Waals surface area (Å²) in [6.45, 7) is 0.539. The first-order valence-electron chi connectivity index (χ1n) is 5.11. The summed E-state index contributed by atoms with van der Waals surface area (Å²) >= 11 is 0. The van der Waals surface area contributed by atoms with Crippen LogP contribution >= 0.6 is 0 Å². The zero-order valence-electron chi connectivity index (χ0n) is 9.17. The summed E-state index contributed by atoms with van der Waals surface area (Å²) in [7, 11) is 1.94. The van der Waals surface area contributed by atoms with E-state index >= 15 is 0 Å². The minimum absolute atomic E-state index is 0.539. The SMILES string of the molecule is CN(c1cccc(CN)c1)c1ncccn1. The van der Waals surface area contributed by atoms with Gasteiger partial charge < -0.3 is 10.6 Å². The molecule has 0 unspecified atom stereocenters. The normalized spacial score (nSPS) is 10.1. The van der Waals surface area contributed by atoms with Crippen molar-refractivity contribution in [2.75, 3.05) is 11.9 Å². The van der Waals surface area contributed by atoms with E-state index in [1.165, 1.54) is 0 Å². The van der Waals surface area contributed by atoms with Gasteiger partial charge in [0.1, 0.15) is 0 Å². The molecule has 0 radical (unpaired) electrons. The Morgan fingerprint density at radius 2 is 1.94 bits per heavy atom. The van der Waals surface area contributed by atoms with E-state index in [1.54, 1.807) is 18.5 Å². The lowest BCUT2D eigenvalue weighted by atomic mass is 10.2. The maximum Gasteiger partial charge on any atom is 0.229 e. The Balaban J connectivity index is 2.30. The Hall–Kier alpha value is -1.94. The number of hydrogen-bond donors (Lipinski definition) is 1. The molecule has 2 N–H and O–H groups in total. The van der Waals surface area contributed by atoms with Gasteiger partial charge in [0.25, 0.3) is 0 Å². The van der Waals surface area contributed by atoms with Crippen LogP contribution in [-0.4, -0.2) is 17.0 Å². The Kier molecular flexibility index (Phi) is 3.12. The van der Waals surface area contributed by atoms with E-state index in [0.29, 0.717) is 12.5 Å². The van der Waals surface area contributed by atoms with Crippen LogP contribution in [0.15, 0.2) is 42.7 Å². The molecule has 1 aromatic carbocycles.